The van der Waals surface area contributed by atoms with E-state index in [1.807, 2.05) is 0 Å². The van der Waals surface area contributed by atoms with Crippen molar-refractivity contribution in [1.29, 1.82) is 0 Å². The first-order valence-corrected chi connectivity index (χ1v) is 6.95. The molecule has 0 aliphatic heterocycles. The van der Waals surface area contributed by atoms with Crippen LogP contribution in [0.2, 0.25) is 0 Å². The van der Waals surface area contributed by atoms with Crippen LogP contribution < -0.4 is 10.6 Å². The average Bonchev–Trinajstić information content (AvgIpc) is 2.41. The van der Waals surface area contributed by atoms with Gasteiger partial charge in [-0.25, -0.2) is 4.39 Å². The molecule has 0 aliphatic carbocycles. The van der Waals surface area contributed by atoms with Crippen LogP contribution in [0.15, 0.2) is 24.3 Å². The maximum absolute atomic E-state index is 13.3. The number of carbonyl (C=O) groups is 1. The summed E-state index contributed by atoms with van der Waals surface area (Å²) in [5.74, 6) is -0.156. The minimum absolute atomic E-state index is 0.0529. The lowest BCUT2D eigenvalue weighted by molar-refractivity contribution is -0.121. The molecule has 1 aromatic rings. The van der Waals surface area contributed by atoms with Crippen molar-refractivity contribution in [3.8, 4) is 0 Å². The maximum Gasteiger partial charge on any atom is 0.221 e. The van der Waals surface area contributed by atoms with Gasteiger partial charge >= 0.3 is 0 Å². The van der Waals surface area contributed by atoms with Crippen molar-refractivity contribution in [2.75, 3.05) is 13.1 Å². The molecule has 0 atom stereocenters. The zero-order valence-electron chi connectivity index (χ0n) is 11.5. The van der Waals surface area contributed by atoms with E-state index in [4.69, 9.17) is 0 Å². The summed E-state index contributed by atoms with van der Waals surface area (Å²) < 4.78 is 13.3. The van der Waals surface area contributed by atoms with Gasteiger partial charge in [0, 0.05) is 31.6 Å². The molecule has 1 amide bonds. The molecule has 0 fully saturated rings. The Hall–Kier alpha value is -1.42. The Balaban J connectivity index is 2.07. The van der Waals surface area contributed by atoms with Crippen LogP contribution in [0.3, 0.4) is 0 Å². The highest BCUT2D eigenvalue weighted by atomic mass is 19.1. The van der Waals surface area contributed by atoms with E-state index in [-0.39, 0.29) is 11.7 Å². The van der Waals surface area contributed by atoms with E-state index in [1.165, 1.54) is 6.07 Å². The third-order valence-corrected chi connectivity index (χ3v) is 2.90. The second-order valence-electron chi connectivity index (χ2n) is 4.58. The lowest BCUT2D eigenvalue weighted by Gasteiger charge is -2.07. The molecule has 106 valence electrons. The summed E-state index contributed by atoms with van der Waals surface area (Å²) in [5, 5.41) is 5.95. The van der Waals surface area contributed by atoms with Crippen molar-refractivity contribution in [3.05, 3.63) is 35.6 Å². The van der Waals surface area contributed by atoms with E-state index >= 15 is 0 Å². The quantitative estimate of drug-likeness (QED) is 0.675. The van der Waals surface area contributed by atoms with Crippen molar-refractivity contribution < 1.29 is 9.18 Å². The van der Waals surface area contributed by atoms with Crippen LogP contribution in [-0.2, 0) is 11.3 Å². The summed E-state index contributed by atoms with van der Waals surface area (Å²) in [4.78, 5) is 11.5. The molecular formula is C15H23FN2O. The summed E-state index contributed by atoms with van der Waals surface area (Å²) in [6, 6.07) is 6.66. The van der Waals surface area contributed by atoms with Crippen LogP contribution in [0.4, 0.5) is 4.39 Å². The van der Waals surface area contributed by atoms with Crippen LogP contribution in [0, 0.1) is 5.82 Å². The molecule has 1 aromatic carbocycles. The fourth-order valence-electron chi connectivity index (χ4n) is 1.76. The summed E-state index contributed by atoms with van der Waals surface area (Å²) in [6.45, 7) is 3.90. The summed E-state index contributed by atoms with van der Waals surface area (Å²) in [6.07, 6.45) is 3.76. The minimum Gasteiger partial charge on any atom is -0.356 e. The second kappa shape index (κ2) is 9.50. The van der Waals surface area contributed by atoms with Crippen molar-refractivity contribution >= 4 is 5.91 Å². The molecule has 0 aromatic heterocycles. The molecule has 3 nitrogen and oxygen atoms in total. The standard InChI is InChI=1S/C15H23FN2O/c1-2-3-6-10-18-15(19)9-11-17-12-13-7-4-5-8-14(13)16/h4-5,7-8,17H,2-3,6,9-12H2,1H3,(H,18,19). The smallest absolute Gasteiger partial charge is 0.221 e. The number of benzene rings is 1. The monoisotopic (exact) mass is 266 g/mol. The molecule has 0 spiro atoms. The molecule has 0 saturated carbocycles. The molecular weight excluding hydrogens is 243 g/mol. The minimum atomic E-state index is -0.209. The van der Waals surface area contributed by atoms with E-state index < -0.39 is 0 Å². The summed E-state index contributed by atoms with van der Waals surface area (Å²) >= 11 is 0. The second-order valence-corrected chi connectivity index (χ2v) is 4.58. The van der Waals surface area contributed by atoms with E-state index in [2.05, 4.69) is 17.6 Å². The van der Waals surface area contributed by atoms with E-state index in [1.54, 1.807) is 18.2 Å². The van der Waals surface area contributed by atoms with Crippen molar-refractivity contribution in [2.24, 2.45) is 0 Å². The molecule has 19 heavy (non-hydrogen) atoms. The molecule has 0 radical (unpaired) electrons. The number of hydrogen-bond donors (Lipinski definition) is 2. The zero-order valence-corrected chi connectivity index (χ0v) is 11.5. The topological polar surface area (TPSA) is 41.1 Å². The maximum atomic E-state index is 13.3. The fourth-order valence-corrected chi connectivity index (χ4v) is 1.76. The largest absolute Gasteiger partial charge is 0.356 e. The Kier molecular flexibility index (Phi) is 7.82. The van der Waals surface area contributed by atoms with Crippen molar-refractivity contribution in [3.63, 3.8) is 0 Å². The number of amides is 1. The third-order valence-electron chi connectivity index (χ3n) is 2.90. The molecule has 2 N–H and O–H groups in total. The Bertz CT molecular complexity index is 382. The number of halogens is 1. The van der Waals surface area contributed by atoms with Gasteiger partial charge in [0.25, 0.3) is 0 Å². The molecule has 0 saturated heterocycles. The van der Waals surface area contributed by atoms with Crippen LogP contribution in [0.5, 0.6) is 0 Å². The Labute approximate surface area is 114 Å². The predicted molar refractivity (Wildman–Crippen MR) is 75.3 cm³/mol. The number of unbranched alkanes of at least 4 members (excludes halogenated alkanes) is 2. The van der Waals surface area contributed by atoms with Crippen molar-refractivity contribution in [2.45, 2.75) is 39.2 Å². The van der Waals surface area contributed by atoms with Gasteiger partial charge in [-0.05, 0) is 12.5 Å². The Morgan fingerprint density at radius 2 is 2.00 bits per heavy atom. The van der Waals surface area contributed by atoms with E-state index in [0.717, 1.165) is 25.8 Å². The Morgan fingerprint density at radius 1 is 1.21 bits per heavy atom. The SMILES string of the molecule is CCCCCNC(=O)CCNCc1ccccc1F. The van der Waals surface area contributed by atoms with Gasteiger partial charge < -0.3 is 10.6 Å². The molecule has 0 bridgehead atoms. The Morgan fingerprint density at radius 3 is 2.74 bits per heavy atom. The predicted octanol–water partition coefficient (Wildman–Crippen LogP) is 2.61. The number of nitrogens with one attached hydrogen (secondary N) is 2. The molecule has 1 rings (SSSR count). The van der Waals surface area contributed by atoms with Gasteiger partial charge in [-0.3, -0.25) is 4.79 Å². The van der Waals surface area contributed by atoms with Gasteiger partial charge in [-0.2, -0.15) is 0 Å². The number of rotatable bonds is 9. The highest BCUT2D eigenvalue weighted by Crippen LogP contribution is 2.05. The van der Waals surface area contributed by atoms with Gasteiger partial charge in [-0.1, -0.05) is 38.0 Å². The van der Waals surface area contributed by atoms with Gasteiger partial charge in [0.1, 0.15) is 5.82 Å². The van der Waals surface area contributed by atoms with Crippen molar-refractivity contribution in [1.82, 2.24) is 10.6 Å². The third kappa shape index (κ3) is 6.91. The molecule has 4 heteroatoms. The first kappa shape index (κ1) is 15.6. The summed E-state index contributed by atoms with van der Waals surface area (Å²) in [7, 11) is 0. The normalized spacial score (nSPS) is 10.4. The van der Waals surface area contributed by atoms with Crippen LogP contribution >= 0.6 is 0 Å². The number of carbonyl (C=O) groups excluding carboxylic acids is 1. The van der Waals surface area contributed by atoms with Crippen LogP contribution in [-0.4, -0.2) is 19.0 Å². The van der Waals surface area contributed by atoms with Crippen LogP contribution in [0.25, 0.3) is 0 Å². The summed E-state index contributed by atoms with van der Waals surface area (Å²) in [5.41, 5.74) is 0.630. The molecule has 0 heterocycles. The van der Waals surface area contributed by atoms with E-state index in [0.29, 0.717) is 25.1 Å². The van der Waals surface area contributed by atoms with Gasteiger partial charge in [0.15, 0.2) is 0 Å². The average molecular weight is 266 g/mol. The van der Waals surface area contributed by atoms with Crippen LogP contribution in [0.1, 0.15) is 38.2 Å². The number of hydrogen-bond acceptors (Lipinski definition) is 2. The molecule has 0 aliphatic rings. The van der Waals surface area contributed by atoms with E-state index in [9.17, 15) is 9.18 Å². The van der Waals surface area contributed by atoms with Gasteiger partial charge in [-0.15, -0.1) is 0 Å². The lowest BCUT2D eigenvalue weighted by Crippen LogP contribution is -2.28. The van der Waals surface area contributed by atoms with Gasteiger partial charge in [0.2, 0.25) is 5.91 Å². The zero-order chi connectivity index (χ0) is 13.9. The fraction of sp³-hybridized carbons (Fsp3) is 0.533. The van der Waals surface area contributed by atoms with Gasteiger partial charge in [0.05, 0.1) is 0 Å². The highest BCUT2D eigenvalue weighted by molar-refractivity contribution is 5.75. The lowest BCUT2D eigenvalue weighted by atomic mass is 10.2. The molecule has 0 unspecified atom stereocenters. The highest BCUT2D eigenvalue weighted by Gasteiger charge is 2.02. The first-order chi connectivity index (χ1) is 9.24. The first-order valence-electron chi connectivity index (χ1n) is 6.95.